The van der Waals surface area contributed by atoms with Crippen molar-refractivity contribution in [2.24, 2.45) is 0 Å². The molecule has 1 aliphatic rings. The van der Waals surface area contributed by atoms with Crippen LogP contribution in [0, 0.1) is 0 Å². The summed E-state index contributed by atoms with van der Waals surface area (Å²) in [4.78, 5) is 0.204. The molecular weight excluding hydrogens is 280 g/mol. The number of hydrogen-bond acceptors (Lipinski definition) is 4. The first-order valence-corrected chi connectivity index (χ1v) is 8.46. The molecule has 2 N–H and O–H groups in total. The zero-order chi connectivity index (χ0) is 14.6. The minimum absolute atomic E-state index is 0.167. The van der Waals surface area contributed by atoms with Crippen LogP contribution in [0.15, 0.2) is 17.2 Å². The summed E-state index contributed by atoms with van der Waals surface area (Å²) >= 11 is 0. The molecule has 0 aliphatic carbocycles. The van der Waals surface area contributed by atoms with Gasteiger partial charge in [-0.1, -0.05) is 0 Å². The van der Waals surface area contributed by atoms with Gasteiger partial charge in [-0.3, -0.25) is 0 Å². The molecule has 0 aromatic carbocycles. The van der Waals surface area contributed by atoms with Crippen molar-refractivity contribution in [3.8, 4) is 0 Å². The molecule has 0 saturated carbocycles. The van der Waals surface area contributed by atoms with E-state index in [2.05, 4.69) is 4.72 Å². The first-order chi connectivity index (χ1) is 9.56. The molecule has 114 valence electrons. The highest BCUT2D eigenvalue weighted by molar-refractivity contribution is 7.89. The Labute approximate surface area is 119 Å². The fourth-order valence-corrected chi connectivity index (χ4v) is 3.52. The number of nitrogens with zero attached hydrogens (tertiary/aromatic N) is 1. The normalized spacial score (nSPS) is 19.6. The van der Waals surface area contributed by atoms with Gasteiger partial charge in [-0.2, -0.15) is 0 Å². The van der Waals surface area contributed by atoms with Gasteiger partial charge in [0.05, 0.1) is 17.6 Å². The van der Waals surface area contributed by atoms with Crippen molar-refractivity contribution in [3.05, 3.63) is 18.0 Å². The van der Waals surface area contributed by atoms with Crippen LogP contribution in [0.4, 0.5) is 0 Å². The fourth-order valence-electron chi connectivity index (χ4n) is 2.41. The molecule has 20 heavy (non-hydrogen) atoms. The summed E-state index contributed by atoms with van der Waals surface area (Å²) in [5.74, 6) is 0. The third-order valence-corrected chi connectivity index (χ3v) is 4.98. The molecule has 1 fully saturated rings. The molecule has 6 nitrogen and oxygen atoms in total. The van der Waals surface area contributed by atoms with Gasteiger partial charge < -0.3 is 14.4 Å². The third kappa shape index (κ3) is 3.60. The van der Waals surface area contributed by atoms with E-state index in [0.717, 1.165) is 19.4 Å². The Morgan fingerprint density at radius 2 is 2.35 bits per heavy atom. The van der Waals surface area contributed by atoms with Crippen LogP contribution in [-0.2, 0) is 27.9 Å². The minimum atomic E-state index is -3.51. The second-order valence-electron chi connectivity index (χ2n) is 4.93. The Bertz CT molecular complexity index is 511. The number of rotatable bonds is 7. The van der Waals surface area contributed by atoms with Crippen molar-refractivity contribution in [3.63, 3.8) is 0 Å². The van der Waals surface area contributed by atoms with Gasteiger partial charge in [0.1, 0.15) is 0 Å². The second kappa shape index (κ2) is 6.71. The van der Waals surface area contributed by atoms with Crippen LogP contribution in [0.3, 0.4) is 0 Å². The predicted octanol–water partition coefficient (Wildman–Crippen LogP) is 0.848. The van der Waals surface area contributed by atoms with E-state index in [1.54, 1.807) is 10.8 Å². The van der Waals surface area contributed by atoms with Crippen LogP contribution in [0.5, 0.6) is 0 Å². The first kappa shape index (κ1) is 15.5. The number of aliphatic hydroxyl groups excluding tert-OH is 1. The first-order valence-electron chi connectivity index (χ1n) is 6.98. The van der Waals surface area contributed by atoms with Crippen LogP contribution >= 0.6 is 0 Å². The molecule has 1 aliphatic heterocycles. The number of nitrogens with one attached hydrogen (secondary N) is 1. The highest BCUT2D eigenvalue weighted by Gasteiger charge is 2.20. The SMILES string of the molecule is CCn1cc(S(=O)(=O)NCCC2CCCO2)cc1CO. The molecule has 2 heterocycles. The maximum atomic E-state index is 12.2. The Hall–Kier alpha value is -0.890. The van der Waals surface area contributed by atoms with Gasteiger partial charge in [-0.15, -0.1) is 0 Å². The zero-order valence-corrected chi connectivity index (χ0v) is 12.5. The van der Waals surface area contributed by atoms with E-state index in [9.17, 15) is 13.5 Å². The van der Waals surface area contributed by atoms with Crippen molar-refractivity contribution in [2.45, 2.75) is 50.3 Å². The highest BCUT2D eigenvalue weighted by Crippen LogP contribution is 2.17. The zero-order valence-electron chi connectivity index (χ0n) is 11.7. The molecule has 0 bridgehead atoms. The monoisotopic (exact) mass is 302 g/mol. The third-order valence-electron chi connectivity index (χ3n) is 3.56. The van der Waals surface area contributed by atoms with E-state index in [0.29, 0.717) is 25.2 Å². The van der Waals surface area contributed by atoms with Crippen molar-refractivity contribution in [2.75, 3.05) is 13.2 Å². The molecule has 1 unspecified atom stereocenters. The summed E-state index contributed by atoms with van der Waals surface area (Å²) in [6.45, 7) is 3.51. The Balaban J connectivity index is 1.96. The van der Waals surface area contributed by atoms with E-state index < -0.39 is 10.0 Å². The van der Waals surface area contributed by atoms with Gasteiger partial charge in [0.25, 0.3) is 0 Å². The number of ether oxygens (including phenoxy) is 1. The van der Waals surface area contributed by atoms with Gasteiger partial charge in [0.2, 0.25) is 10.0 Å². The van der Waals surface area contributed by atoms with Gasteiger partial charge >= 0.3 is 0 Å². The molecule has 1 aromatic rings. The number of aliphatic hydroxyl groups is 1. The Kier molecular flexibility index (Phi) is 5.20. The molecule has 1 saturated heterocycles. The van der Waals surface area contributed by atoms with E-state index >= 15 is 0 Å². The molecule has 0 spiro atoms. The fraction of sp³-hybridized carbons (Fsp3) is 0.692. The largest absolute Gasteiger partial charge is 0.390 e. The summed E-state index contributed by atoms with van der Waals surface area (Å²) in [6.07, 6.45) is 4.48. The molecular formula is C13H22N2O4S. The number of sulfonamides is 1. The molecule has 0 amide bonds. The Morgan fingerprint density at radius 3 is 2.90 bits per heavy atom. The quantitative estimate of drug-likeness (QED) is 0.782. The summed E-state index contributed by atoms with van der Waals surface area (Å²) in [5, 5.41) is 9.20. The minimum Gasteiger partial charge on any atom is -0.390 e. The number of aryl methyl sites for hydroxylation is 1. The van der Waals surface area contributed by atoms with Crippen LogP contribution in [-0.4, -0.2) is 37.3 Å². The van der Waals surface area contributed by atoms with Crippen LogP contribution in [0.1, 0.15) is 31.9 Å². The lowest BCUT2D eigenvalue weighted by molar-refractivity contribution is 0.105. The van der Waals surface area contributed by atoms with E-state index in [1.165, 1.54) is 6.07 Å². The molecule has 0 radical (unpaired) electrons. The van der Waals surface area contributed by atoms with Crippen molar-refractivity contribution < 1.29 is 18.3 Å². The summed E-state index contributed by atoms with van der Waals surface area (Å²) < 4.78 is 34.1. The van der Waals surface area contributed by atoms with Gasteiger partial charge in [0, 0.05) is 31.6 Å². The average Bonchev–Trinajstić information content (AvgIpc) is 3.07. The second-order valence-corrected chi connectivity index (χ2v) is 6.70. The topological polar surface area (TPSA) is 80.6 Å². The Morgan fingerprint density at radius 1 is 1.55 bits per heavy atom. The van der Waals surface area contributed by atoms with Crippen LogP contribution < -0.4 is 4.72 Å². The highest BCUT2D eigenvalue weighted by atomic mass is 32.2. The number of aromatic nitrogens is 1. The summed E-state index contributed by atoms with van der Waals surface area (Å²) in [5.41, 5.74) is 0.604. The smallest absolute Gasteiger partial charge is 0.242 e. The lowest BCUT2D eigenvalue weighted by atomic mass is 10.2. The predicted molar refractivity (Wildman–Crippen MR) is 74.8 cm³/mol. The van der Waals surface area contributed by atoms with Gasteiger partial charge in [0.15, 0.2) is 0 Å². The van der Waals surface area contributed by atoms with Gasteiger partial charge in [-0.25, -0.2) is 13.1 Å². The molecule has 1 atom stereocenters. The lowest BCUT2D eigenvalue weighted by Gasteiger charge is -2.09. The summed E-state index contributed by atoms with van der Waals surface area (Å²) in [6, 6.07) is 1.51. The maximum Gasteiger partial charge on any atom is 0.242 e. The molecule has 7 heteroatoms. The standard InChI is InChI=1S/C13H22N2O4S/c1-2-15-9-13(8-11(15)10-16)20(17,18)14-6-5-12-4-3-7-19-12/h8-9,12,14,16H,2-7,10H2,1H3. The lowest BCUT2D eigenvalue weighted by Crippen LogP contribution is -2.27. The van der Waals surface area contributed by atoms with E-state index in [1.807, 2.05) is 6.92 Å². The average molecular weight is 302 g/mol. The molecule has 2 rings (SSSR count). The molecule has 1 aromatic heterocycles. The van der Waals surface area contributed by atoms with E-state index in [4.69, 9.17) is 4.74 Å². The maximum absolute atomic E-state index is 12.2. The van der Waals surface area contributed by atoms with Crippen LogP contribution in [0.25, 0.3) is 0 Å². The van der Waals surface area contributed by atoms with Gasteiger partial charge in [-0.05, 0) is 32.3 Å². The number of hydrogen-bond donors (Lipinski definition) is 2. The van der Waals surface area contributed by atoms with Crippen LogP contribution in [0.2, 0.25) is 0 Å². The van der Waals surface area contributed by atoms with Crippen molar-refractivity contribution in [1.82, 2.24) is 9.29 Å². The van der Waals surface area contributed by atoms with Crippen molar-refractivity contribution >= 4 is 10.0 Å². The van der Waals surface area contributed by atoms with Crippen molar-refractivity contribution in [1.29, 1.82) is 0 Å². The van der Waals surface area contributed by atoms with E-state index in [-0.39, 0.29) is 17.6 Å². The summed E-state index contributed by atoms with van der Waals surface area (Å²) in [7, 11) is -3.51.